The molecule has 4 heterocycles. The number of nitrogen functional groups attached to an aromatic ring is 1. The van der Waals surface area contributed by atoms with E-state index in [1.54, 1.807) is 12.3 Å². The number of nitrogens with two attached hydrogens (primary N) is 1. The van der Waals surface area contributed by atoms with Crippen molar-refractivity contribution in [3.05, 3.63) is 120 Å². The van der Waals surface area contributed by atoms with E-state index in [0.29, 0.717) is 23.1 Å². The summed E-state index contributed by atoms with van der Waals surface area (Å²) in [5, 5.41) is 9.86. The number of phenolic OH excluding ortho intramolecular Hbond substituents is 1. The van der Waals surface area contributed by atoms with E-state index in [-0.39, 0.29) is 5.75 Å². The maximum Gasteiger partial charge on any atom is 0.165 e. The molecule has 0 amide bonds. The number of carbonyl (C=O) groups is 1. The molecule has 1 saturated heterocycles. The zero-order chi connectivity index (χ0) is 30.0. The van der Waals surface area contributed by atoms with E-state index in [1.165, 1.54) is 5.56 Å². The smallest absolute Gasteiger partial charge is 0.165 e. The fourth-order valence-electron chi connectivity index (χ4n) is 6.11. The molecule has 0 aliphatic carbocycles. The number of fused-ring (bicyclic) bond motifs is 1. The minimum atomic E-state index is 0.0387. The molecule has 44 heavy (non-hydrogen) atoms. The van der Waals surface area contributed by atoms with E-state index >= 15 is 0 Å². The van der Waals surface area contributed by atoms with Crippen LogP contribution < -0.4 is 5.73 Å². The van der Waals surface area contributed by atoms with Gasteiger partial charge in [-0.2, -0.15) is 0 Å². The molecule has 3 aromatic heterocycles. The van der Waals surface area contributed by atoms with Gasteiger partial charge in [0.1, 0.15) is 17.1 Å². The van der Waals surface area contributed by atoms with Crippen molar-refractivity contribution >= 4 is 23.3 Å². The number of phenols is 1. The van der Waals surface area contributed by atoms with Crippen LogP contribution in [0.1, 0.15) is 40.2 Å². The van der Waals surface area contributed by atoms with E-state index in [9.17, 15) is 9.90 Å². The molecular weight excluding hydrogens is 548 g/mol. The van der Waals surface area contributed by atoms with Crippen LogP contribution >= 0.6 is 0 Å². The topological polar surface area (TPSA) is 110 Å². The predicted octanol–water partition coefficient (Wildman–Crippen LogP) is 6.63. The quantitative estimate of drug-likeness (QED) is 0.204. The molecule has 1 aliphatic heterocycles. The molecule has 0 spiro atoms. The summed E-state index contributed by atoms with van der Waals surface area (Å²) in [7, 11) is 0. The fourth-order valence-corrected chi connectivity index (χ4v) is 6.11. The lowest BCUT2D eigenvalue weighted by Gasteiger charge is -2.32. The van der Waals surface area contributed by atoms with Gasteiger partial charge in [-0.1, -0.05) is 48.5 Å². The number of aromatic nitrogens is 4. The summed E-state index contributed by atoms with van der Waals surface area (Å²) < 4.78 is 2.07. The summed E-state index contributed by atoms with van der Waals surface area (Å²) in [4.78, 5) is 28.1. The van der Waals surface area contributed by atoms with Crippen molar-refractivity contribution in [1.82, 2.24) is 24.4 Å². The average Bonchev–Trinajstić information content (AvgIpc) is 3.45. The number of pyridine rings is 2. The largest absolute Gasteiger partial charge is 0.507 e. The Morgan fingerprint density at radius 3 is 2.43 bits per heavy atom. The second-order valence-corrected chi connectivity index (χ2v) is 11.3. The van der Waals surface area contributed by atoms with E-state index in [0.717, 1.165) is 78.0 Å². The Bertz CT molecular complexity index is 1940. The highest BCUT2D eigenvalue weighted by Gasteiger charge is 2.22. The zero-order valence-electron chi connectivity index (χ0n) is 24.2. The summed E-state index contributed by atoms with van der Waals surface area (Å²) >= 11 is 0. The number of carbonyl (C=O) groups excluding carboxylic acids is 1. The van der Waals surface area contributed by atoms with Crippen molar-refractivity contribution in [3.63, 3.8) is 0 Å². The standard InChI is InChI=1S/C36H32N6O2/c37-34-30(7-4-18-38-34)35-40-32-14-13-31(26-5-2-1-3-6-26)39-36(32)42(35)29-11-8-24(9-12-29)22-41-19-16-25(17-20-41)27-10-15-33(44)28(21-27)23-43/h1-15,18,21,23,25,44H,16-17,19-20,22H2,(H2,37,38). The van der Waals surface area contributed by atoms with Crippen molar-refractivity contribution in [2.45, 2.75) is 25.3 Å². The van der Waals surface area contributed by atoms with Crippen LogP contribution in [-0.2, 0) is 6.54 Å². The predicted molar refractivity (Wildman–Crippen MR) is 173 cm³/mol. The number of nitrogens with zero attached hydrogens (tertiary/aromatic N) is 5. The Hall–Kier alpha value is -5.34. The molecule has 3 aromatic carbocycles. The normalized spacial score (nSPS) is 14.2. The highest BCUT2D eigenvalue weighted by Crippen LogP contribution is 2.33. The number of anilines is 1. The second kappa shape index (κ2) is 11.7. The minimum absolute atomic E-state index is 0.0387. The van der Waals surface area contributed by atoms with Crippen LogP contribution in [0.25, 0.3) is 39.5 Å². The number of aldehydes is 1. The number of likely N-dealkylation sites (tertiary alicyclic amines) is 1. The molecule has 6 aromatic rings. The Labute approximate surface area is 255 Å². The Kier molecular flexibility index (Phi) is 7.33. The maximum atomic E-state index is 11.3. The van der Waals surface area contributed by atoms with Crippen molar-refractivity contribution in [2.75, 3.05) is 18.8 Å². The van der Waals surface area contributed by atoms with Gasteiger partial charge in [0.15, 0.2) is 17.8 Å². The van der Waals surface area contributed by atoms with Crippen molar-refractivity contribution < 1.29 is 9.90 Å². The number of benzene rings is 3. The first-order valence-corrected chi connectivity index (χ1v) is 14.8. The van der Waals surface area contributed by atoms with Gasteiger partial charge in [-0.05, 0) is 91.5 Å². The van der Waals surface area contributed by atoms with Crippen molar-refractivity contribution in [1.29, 1.82) is 0 Å². The van der Waals surface area contributed by atoms with Gasteiger partial charge in [-0.25, -0.2) is 15.0 Å². The van der Waals surface area contributed by atoms with Gasteiger partial charge >= 0.3 is 0 Å². The van der Waals surface area contributed by atoms with E-state index < -0.39 is 0 Å². The van der Waals surface area contributed by atoms with Crippen molar-refractivity contribution in [2.24, 2.45) is 0 Å². The molecule has 1 aliphatic rings. The molecule has 218 valence electrons. The number of hydrogen-bond acceptors (Lipinski definition) is 7. The first kappa shape index (κ1) is 27.5. The van der Waals surface area contributed by atoms with Gasteiger partial charge in [0.2, 0.25) is 0 Å². The van der Waals surface area contributed by atoms with Gasteiger partial charge in [0, 0.05) is 24.0 Å². The fraction of sp³-hybridized carbons (Fsp3) is 0.167. The highest BCUT2D eigenvalue weighted by atomic mass is 16.3. The van der Waals surface area contributed by atoms with Gasteiger partial charge in [-0.3, -0.25) is 14.3 Å². The summed E-state index contributed by atoms with van der Waals surface area (Å²) in [6, 6.07) is 31.9. The lowest BCUT2D eigenvalue weighted by Crippen LogP contribution is -2.32. The Morgan fingerprint density at radius 1 is 0.886 bits per heavy atom. The van der Waals surface area contributed by atoms with Crippen LogP contribution in [0.5, 0.6) is 5.75 Å². The monoisotopic (exact) mass is 580 g/mol. The molecule has 0 bridgehead atoms. The van der Waals surface area contributed by atoms with Crippen LogP contribution in [0.2, 0.25) is 0 Å². The van der Waals surface area contributed by atoms with E-state index in [2.05, 4.69) is 50.8 Å². The molecule has 8 nitrogen and oxygen atoms in total. The van der Waals surface area contributed by atoms with Crippen LogP contribution in [-0.4, -0.2) is 48.9 Å². The van der Waals surface area contributed by atoms with E-state index in [4.69, 9.17) is 15.7 Å². The summed E-state index contributed by atoms with van der Waals surface area (Å²) in [5.41, 5.74) is 14.2. The van der Waals surface area contributed by atoms with Gasteiger partial charge in [0.25, 0.3) is 0 Å². The van der Waals surface area contributed by atoms with Gasteiger partial charge < -0.3 is 10.8 Å². The average molecular weight is 581 g/mol. The molecule has 7 rings (SSSR count). The molecule has 3 N–H and O–H groups in total. The number of aromatic hydroxyl groups is 1. The van der Waals surface area contributed by atoms with Crippen LogP contribution in [0.4, 0.5) is 5.82 Å². The number of rotatable bonds is 7. The lowest BCUT2D eigenvalue weighted by molar-refractivity contribution is 0.112. The number of piperidine rings is 1. The SMILES string of the molecule is Nc1ncccc1-c1nc2ccc(-c3ccccc3)nc2n1-c1ccc(CN2CCC(c3ccc(O)c(C=O)c3)CC2)cc1. The highest BCUT2D eigenvalue weighted by molar-refractivity contribution is 5.84. The molecule has 0 radical (unpaired) electrons. The summed E-state index contributed by atoms with van der Waals surface area (Å²) in [6.45, 7) is 2.78. The third-order valence-electron chi connectivity index (χ3n) is 8.49. The molecule has 0 unspecified atom stereocenters. The van der Waals surface area contributed by atoms with Crippen LogP contribution in [0, 0.1) is 0 Å². The molecule has 8 heteroatoms. The second-order valence-electron chi connectivity index (χ2n) is 11.3. The number of hydrogen-bond donors (Lipinski definition) is 2. The summed E-state index contributed by atoms with van der Waals surface area (Å²) in [6.07, 6.45) is 4.42. The third-order valence-corrected chi connectivity index (χ3v) is 8.49. The molecular formula is C36H32N6O2. The first-order chi connectivity index (χ1) is 21.6. The van der Waals surface area contributed by atoms with Crippen molar-refractivity contribution in [3.8, 4) is 34.1 Å². The maximum absolute atomic E-state index is 11.3. The third kappa shape index (κ3) is 5.31. The van der Waals surface area contributed by atoms with Gasteiger partial charge in [0.05, 0.1) is 16.8 Å². The Balaban J connectivity index is 1.15. The van der Waals surface area contributed by atoms with Crippen LogP contribution in [0.3, 0.4) is 0 Å². The number of imidazole rings is 1. The van der Waals surface area contributed by atoms with E-state index in [1.807, 2.05) is 54.6 Å². The molecule has 1 fully saturated rings. The molecule has 0 atom stereocenters. The van der Waals surface area contributed by atoms with Gasteiger partial charge in [-0.15, -0.1) is 0 Å². The summed E-state index contributed by atoms with van der Waals surface area (Å²) in [5.74, 6) is 1.54. The van der Waals surface area contributed by atoms with Crippen LogP contribution in [0.15, 0.2) is 103 Å². The lowest BCUT2D eigenvalue weighted by atomic mass is 9.88. The zero-order valence-corrected chi connectivity index (χ0v) is 24.2. The first-order valence-electron chi connectivity index (χ1n) is 14.8. The molecule has 0 saturated carbocycles. The Morgan fingerprint density at radius 2 is 1.68 bits per heavy atom. The minimum Gasteiger partial charge on any atom is -0.507 e.